The lowest BCUT2D eigenvalue weighted by molar-refractivity contribution is -0.134. The summed E-state index contributed by atoms with van der Waals surface area (Å²) in [7, 11) is -3.82. The molecule has 34 heavy (non-hydrogen) atoms. The van der Waals surface area contributed by atoms with Crippen molar-refractivity contribution in [3.63, 3.8) is 0 Å². The Morgan fingerprint density at radius 2 is 1.32 bits per heavy atom. The number of nitrogens with zero attached hydrogens (tertiary/aromatic N) is 2. The molecule has 3 aromatic rings. The third-order valence-corrected chi connectivity index (χ3v) is 7.86. The van der Waals surface area contributed by atoms with Crippen molar-refractivity contribution in [1.29, 1.82) is 0 Å². The largest absolute Gasteiger partial charge is 0.339 e. The lowest BCUT2D eigenvalue weighted by atomic mass is 9.96. The van der Waals surface area contributed by atoms with Gasteiger partial charge in [-0.25, -0.2) is 8.42 Å². The Balaban J connectivity index is 1.42. The number of hydrogen-bond acceptors (Lipinski definition) is 4. The zero-order valence-electron chi connectivity index (χ0n) is 19.0. The first-order valence-electron chi connectivity index (χ1n) is 11.3. The van der Waals surface area contributed by atoms with Crippen LogP contribution in [-0.2, 0) is 14.8 Å². The highest BCUT2D eigenvalue weighted by Crippen LogP contribution is 2.29. The predicted octanol–water partition coefficient (Wildman–Crippen LogP) is 3.94. The molecule has 0 bridgehead atoms. The van der Waals surface area contributed by atoms with Crippen LogP contribution in [0.1, 0.15) is 24.1 Å². The minimum Gasteiger partial charge on any atom is -0.339 e. The number of rotatable bonds is 7. The third kappa shape index (κ3) is 5.67. The first-order valence-corrected chi connectivity index (χ1v) is 13.1. The van der Waals surface area contributed by atoms with Gasteiger partial charge in [0, 0.05) is 31.2 Å². The van der Waals surface area contributed by atoms with Crippen molar-refractivity contribution >= 4 is 27.5 Å². The second-order valence-electron chi connectivity index (χ2n) is 8.38. The van der Waals surface area contributed by atoms with E-state index in [1.165, 1.54) is 35.4 Å². The number of benzene rings is 3. The first kappa shape index (κ1) is 24.4. The molecular formula is C26H28ClN3O3S. The molecule has 4 rings (SSSR count). The van der Waals surface area contributed by atoms with E-state index in [9.17, 15) is 13.2 Å². The van der Waals surface area contributed by atoms with Gasteiger partial charge in [-0.2, -0.15) is 4.72 Å². The second-order valence-corrected chi connectivity index (χ2v) is 10.5. The number of sulfonamides is 1. The molecule has 1 aliphatic heterocycles. The van der Waals surface area contributed by atoms with Crippen LogP contribution >= 0.6 is 11.6 Å². The topological polar surface area (TPSA) is 69.7 Å². The summed E-state index contributed by atoms with van der Waals surface area (Å²) in [6, 6.07) is 25.8. The Morgan fingerprint density at radius 1 is 0.824 bits per heavy atom. The highest BCUT2D eigenvalue weighted by molar-refractivity contribution is 7.89. The van der Waals surface area contributed by atoms with Gasteiger partial charge in [0.15, 0.2) is 0 Å². The number of carbonyl (C=O) groups excluding carboxylic acids is 1. The van der Waals surface area contributed by atoms with Gasteiger partial charge in [-0.3, -0.25) is 9.69 Å². The van der Waals surface area contributed by atoms with E-state index < -0.39 is 16.1 Å². The summed E-state index contributed by atoms with van der Waals surface area (Å²) in [5.74, 6) is -0.229. The molecule has 0 unspecified atom stereocenters. The van der Waals surface area contributed by atoms with Gasteiger partial charge in [0.1, 0.15) is 0 Å². The van der Waals surface area contributed by atoms with Gasteiger partial charge in [0.2, 0.25) is 15.9 Å². The fourth-order valence-electron chi connectivity index (χ4n) is 4.32. The van der Waals surface area contributed by atoms with Gasteiger partial charge < -0.3 is 4.90 Å². The van der Waals surface area contributed by atoms with E-state index in [1.54, 1.807) is 11.8 Å². The van der Waals surface area contributed by atoms with Crippen molar-refractivity contribution in [2.75, 3.05) is 26.2 Å². The number of halogens is 1. The average Bonchev–Trinajstić information content (AvgIpc) is 2.85. The van der Waals surface area contributed by atoms with E-state index in [0.29, 0.717) is 31.2 Å². The van der Waals surface area contributed by atoms with Gasteiger partial charge in [-0.1, -0.05) is 72.3 Å². The molecule has 1 amide bonds. The molecule has 1 fully saturated rings. The number of amides is 1. The third-order valence-electron chi connectivity index (χ3n) is 6.05. The Hall–Kier alpha value is -2.71. The summed E-state index contributed by atoms with van der Waals surface area (Å²) in [6.45, 7) is 4.02. The van der Waals surface area contributed by atoms with Crippen LogP contribution in [0.5, 0.6) is 0 Å². The SMILES string of the molecule is C[C@@H](NS(=O)(=O)c1ccc(Cl)cc1)C(=O)N1CCN(C(c2ccccc2)c2ccccc2)CC1. The summed E-state index contributed by atoms with van der Waals surface area (Å²) >= 11 is 5.85. The lowest BCUT2D eigenvalue weighted by Gasteiger charge is -2.40. The maximum absolute atomic E-state index is 13.0. The molecule has 0 aromatic heterocycles. The van der Waals surface area contributed by atoms with Crippen LogP contribution < -0.4 is 4.72 Å². The number of hydrogen-bond donors (Lipinski definition) is 1. The molecule has 0 spiro atoms. The van der Waals surface area contributed by atoms with E-state index in [1.807, 2.05) is 36.4 Å². The fraction of sp³-hybridized carbons (Fsp3) is 0.269. The normalized spacial score (nSPS) is 15.9. The summed E-state index contributed by atoms with van der Waals surface area (Å²) < 4.78 is 27.8. The van der Waals surface area contributed by atoms with Crippen molar-refractivity contribution in [3.05, 3.63) is 101 Å². The maximum Gasteiger partial charge on any atom is 0.241 e. The molecule has 1 N–H and O–H groups in total. The summed E-state index contributed by atoms with van der Waals surface area (Å²) in [5.41, 5.74) is 2.41. The highest BCUT2D eigenvalue weighted by Gasteiger charge is 2.31. The zero-order chi connectivity index (χ0) is 24.1. The summed E-state index contributed by atoms with van der Waals surface area (Å²) in [6.07, 6.45) is 0. The average molecular weight is 498 g/mol. The first-order chi connectivity index (χ1) is 16.3. The molecular weight excluding hydrogens is 470 g/mol. The molecule has 178 valence electrons. The van der Waals surface area contributed by atoms with E-state index in [2.05, 4.69) is 33.9 Å². The zero-order valence-corrected chi connectivity index (χ0v) is 20.5. The fourth-order valence-corrected chi connectivity index (χ4v) is 5.65. The monoisotopic (exact) mass is 497 g/mol. The molecule has 6 nitrogen and oxygen atoms in total. The van der Waals surface area contributed by atoms with Crippen LogP contribution in [0.25, 0.3) is 0 Å². The van der Waals surface area contributed by atoms with Gasteiger partial charge in [0.05, 0.1) is 17.0 Å². The standard InChI is InChI=1S/C26H28ClN3O3S/c1-20(28-34(32,33)24-14-12-23(27)13-15-24)26(31)30-18-16-29(17-19-30)25(21-8-4-2-5-9-21)22-10-6-3-7-11-22/h2-15,20,25,28H,16-19H2,1H3/t20-/m1/s1. The van der Waals surface area contributed by atoms with Gasteiger partial charge in [-0.05, 0) is 42.3 Å². The van der Waals surface area contributed by atoms with Crippen molar-refractivity contribution < 1.29 is 13.2 Å². The highest BCUT2D eigenvalue weighted by atomic mass is 35.5. The van der Waals surface area contributed by atoms with Crippen molar-refractivity contribution in [3.8, 4) is 0 Å². The van der Waals surface area contributed by atoms with Crippen LogP contribution in [0.2, 0.25) is 5.02 Å². The quantitative estimate of drug-likeness (QED) is 0.536. The Labute approximate surface area is 206 Å². The molecule has 0 aliphatic carbocycles. The Bertz CT molecular complexity index is 1160. The van der Waals surface area contributed by atoms with Gasteiger partial charge >= 0.3 is 0 Å². The smallest absolute Gasteiger partial charge is 0.241 e. The molecule has 0 radical (unpaired) electrons. The van der Waals surface area contributed by atoms with E-state index in [4.69, 9.17) is 11.6 Å². The predicted molar refractivity (Wildman–Crippen MR) is 134 cm³/mol. The molecule has 1 atom stereocenters. The minimum atomic E-state index is -3.82. The van der Waals surface area contributed by atoms with Crippen molar-refractivity contribution in [2.24, 2.45) is 0 Å². The Kier molecular flexibility index (Phi) is 7.68. The van der Waals surface area contributed by atoms with E-state index in [0.717, 1.165) is 0 Å². The van der Waals surface area contributed by atoms with Crippen LogP contribution in [0, 0.1) is 0 Å². The molecule has 8 heteroatoms. The van der Waals surface area contributed by atoms with Crippen LogP contribution in [-0.4, -0.2) is 56.3 Å². The summed E-state index contributed by atoms with van der Waals surface area (Å²) in [4.78, 5) is 17.2. The van der Waals surface area contributed by atoms with Crippen molar-refractivity contribution in [2.45, 2.75) is 23.9 Å². The van der Waals surface area contributed by atoms with Crippen LogP contribution in [0.4, 0.5) is 0 Å². The number of piperazine rings is 1. The Morgan fingerprint density at radius 3 is 1.82 bits per heavy atom. The molecule has 1 aliphatic rings. The maximum atomic E-state index is 13.0. The van der Waals surface area contributed by atoms with E-state index in [-0.39, 0.29) is 16.8 Å². The number of carbonyl (C=O) groups is 1. The number of nitrogens with one attached hydrogen (secondary N) is 1. The second kappa shape index (κ2) is 10.7. The molecule has 3 aromatic carbocycles. The summed E-state index contributed by atoms with van der Waals surface area (Å²) in [5, 5.41) is 0.449. The lowest BCUT2D eigenvalue weighted by Crippen LogP contribution is -2.54. The van der Waals surface area contributed by atoms with Gasteiger partial charge in [-0.15, -0.1) is 0 Å². The minimum absolute atomic E-state index is 0.0786. The van der Waals surface area contributed by atoms with Crippen molar-refractivity contribution in [1.82, 2.24) is 14.5 Å². The molecule has 0 saturated carbocycles. The van der Waals surface area contributed by atoms with Crippen LogP contribution in [0.15, 0.2) is 89.8 Å². The molecule has 1 saturated heterocycles. The van der Waals surface area contributed by atoms with Gasteiger partial charge in [0.25, 0.3) is 0 Å². The van der Waals surface area contributed by atoms with Crippen LogP contribution in [0.3, 0.4) is 0 Å². The molecule has 1 heterocycles. The van der Waals surface area contributed by atoms with E-state index >= 15 is 0 Å².